The second-order valence-corrected chi connectivity index (χ2v) is 7.69. The number of aryl methyl sites for hydroxylation is 1. The van der Waals surface area contributed by atoms with Crippen LogP contribution >= 0.6 is 15.9 Å². The first-order valence-electron chi connectivity index (χ1n) is 9.02. The normalized spacial score (nSPS) is 18.3. The SMILES string of the molecule is Cc1ccc(C(O)=C2C(=O)C(=O)N(c3ccccn3)C2c2ccc(Br)cc2)cc1. The molecule has 2 heterocycles. The number of aliphatic hydroxyl groups is 1. The highest BCUT2D eigenvalue weighted by atomic mass is 79.9. The topological polar surface area (TPSA) is 70.5 Å². The zero-order valence-electron chi connectivity index (χ0n) is 15.5. The van der Waals surface area contributed by atoms with Crippen molar-refractivity contribution >= 4 is 39.2 Å². The predicted octanol–water partition coefficient (Wildman–Crippen LogP) is 4.78. The van der Waals surface area contributed by atoms with Gasteiger partial charge in [-0.15, -0.1) is 0 Å². The minimum Gasteiger partial charge on any atom is -0.507 e. The molecule has 29 heavy (non-hydrogen) atoms. The number of ketones is 1. The Labute approximate surface area is 176 Å². The van der Waals surface area contributed by atoms with Crippen LogP contribution in [0.1, 0.15) is 22.7 Å². The summed E-state index contributed by atoms with van der Waals surface area (Å²) in [5, 5.41) is 11.0. The van der Waals surface area contributed by atoms with Gasteiger partial charge in [-0.2, -0.15) is 0 Å². The Hall–Kier alpha value is -3.25. The summed E-state index contributed by atoms with van der Waals surface area (Å²) in [6.07, 6.45) is 1.56. The summed E-state index contributed by atoms with van der Waals surface area (Å²) >= 11 is 3.40. The summed E-state index contributed by atoms with van der Waals surface area (Å²) in [6.45, 7) is 1.94. The zero-order chi connectivity index (χ0) is 20.5. The van der Waals surface area contributed by atoms with Crippen molar-refractivity contribution in [1.82, 2.24) is 4.98 Å². The van der Waals surface area contributed by atoms with Crippen LogP contribution in [0.25, 0.3) is 5.76 Å². The monoisotopic (exact) mass is 448 g/mol. The number of halogens is 1. The van der Waals surface area contributed by atoms with Crippen molar-refractivity contribution in [2.45, 2.75) is 13.0 Å². The Morgan fingerprint density at radius 3 is 2.31 bits per heavy atom. The molecule has 0 aliphatic carbocycles. The molecular weight excluding hydrogens is 432 g/mol. The summed E-state index contributed by atoms with van der Waals surface area (Å²) in [5.41, 5.74) is 2.26. The number of nitrogens with zero attached hydrogens (tertiary/aromatic N) is 2. The van der Waals surface area contributed by atoms with Gasteiger partial charge in [0, 0.05) is 16.2 Å². The van der Waals surface area contributed by atoms with Crippen molar-refractivity contribution in [2.24, 2.45) is 0 Å². The van der Waals surface area contributed by atoms with Crippen LogP contribution in [0.3, 0.4) is 0 Å². The van der Waals surface area contributed by atoms with E-state index in [4.69, 9.17) is 0 Å². The molecular formula is C23H17BrN2O3. The van der Waals surface area contributed by atoms with Gasteiger partial charge < -0.3 is 5.11 Å². The van der Waals surface area contributed by atoms with Gasteiger partial charge in [-0.3, -0.25) is 14.5 Å². The van der Waals surface area contributed by atoms with E-state index in [1.165, 1.54) is 4.90 Å². The Morgan fingerprint density at radius 1 is 1.00 bits per heavy atom. The van der Waals surface area contributed by atoms with Crippen LogP contribution < -0.4 is 4.90 Å². The Kier molecular flexibility index (Phi) is 5.03. The number of hydrogen-bond donors (Lipinski definition) is 1. The zero-order valence-corrected chi connectivity index (χ0v) is 17.1. The molecule has 144 valence electrons. The van der Waals surface area contributed by atoms with Crippen LogP contribution in [-0.4, -0.2) is 21.8 Å². The van der Waals surface area contributed by atoms with E-state index in [9.17, 15) is 14.7 Å². The lowest BCUT2D eigenvalue weighted by molar-refractivity contribution is -0.132. The number of carbonyl (C=O) groups excluding carboxylic acids is 2. The highest BCUT2D eigenvalue weighted by Gasteiger charge is 2.47. The van der Waals surface area contributed by atoms with Crippen LogP contribution in [0.5, 0.6) is 0 Å². The van der Waals surface area contributed by atoms with Gasteiger partial charge in [-0.05, 0) is 36.8 Å². The van der Waals surface area contributed by atoms with Gasteiger partial charge in [0.2, 0.25) is 0 Å². The average Bonchev–Trinajstić information content (AvgIpc) is 3.00. The molecule has 1 aromatic heterocycles. The van der Waals surface area contributed by atoms with E-state index in [2.05, 4.69) is 20.9 Å². The number of pyridine rings is 1. The van der Waals surface area contributed by atoms with E-state index < -0.39 is 17.7 Å². The second-order valence-electron chi connectivity index (χ2n) is 6.77. The molecule has 1 aliphatic heterocycles. The van der Waals surface area contributed by atoms with E-state index in [0.717, 1.165) is 10.0 Å². The fraction of sp³-hybridized carbons (Fsp3) is 0.0870. The van der Waals surface area contributed by atoms with Gasteiger partial charge in [-0.1, -0.05) is 64.0 Å². The van der Waals surface area contributed by atoms with Crippen molar-refractivity contribution in [3.8, 4) is 0 Å². The lowest BCUT2D eigenvalue weighted by atomic mass is 9.95. The number of rotatable bonds is 3. The Balaban J connectivity index is 1.94. The van der Waals surface area contributed by atoms with Gasteiger partial charge in [0.15, 0.2) is 0 Å². The van der Waals surface area contributed by atoms with E-state index in [0.29, 0.717) is 16.9 Å². The molecule has 5 nitrogen and oxygen atoms in total. The van der Waals surface area contributed by atoms with E-state index in [1.807, 2.05) is 43.3 Å². The van der Waals surface area contributed by atoms with Gasteiger partial charge in [-0.25, -0.2) is 4.98 Å². The molecule has 1 saturated heterocycles. The molecule has 0 saturated carbocycles. The number of anilines is 1. The van der Waals surface area contributed by atoms with Crippen molar-refractivity contribution in [3.05, 3.63) is 99.7 Å². The molecule has 4 rings (SSSR count). The smallest absolute Gasteiger partial charge is 0.301 e. The number of aromatic nitrogens is 1. The third-order valence-electron chi connectivity index (χ3n) is 4.85. The third-order valence-corrected chi connectivity index (χ3v) is 5.38. The highest BCUT2D eigenvalue weighted by molar-refractivity contribution is 9.10. The number of hydrogen-bond acceptors (Lipinski definition) is 4. The van der Waals surface area contributed by atoms with Crippen LogP contribution in [-0.2, 0) is 9.59 Å². The molecule has 0 spiro atoms. The summed E-state index contributed by atoms with van der Waals surface area (Å²) in [7, 11) is 0. The molecule has 2 aromatic carbocycles. The van der Waals surface area contributed by atoms with E-state index >= 15 is 0 Å². The van der Waals surface area contributed by atoms with Gasteiger partial charge >= 0.3 is 5.91 Å². The number of carbonyl (C=O) groups is 2. The third kappa shape index (κ3) is 3.47. The molecule has 1 N–H and O–H groups in total. The van der Waals surface area contributed by atoms with Crippen LogP contribution in [0.4, 0.5) is 5.82 Å². The lowest BCUT2D eigenvalue weighted by Gasteiger charge is -2.24. The molecule has 1 fully saturated rings. The quantitative estimate of drug-likeness (QED) is 0.355. The van der Waals surface area contributed by atoms with Crippen molar-refractivity contribution in [3.63, 3.8) is 0 Å². The van der Waals surface area contributed by atoms with Crippen LogP contribution in [0.15, 0.2) is 83.0 Å². The number of Topliss-reactive ketones (excluding diaryl/α,β-unsaturated/α-hetero) is 1. The molecule has 6 heteroatoms. The van der Waals surface area contributed by atoms with Crippen molar-refractivity contribution in [1.29, 1.82) is 0 Å². The maximum absolute atomic E-state index is 13.0. The first kappa shape index (κ1) is 19.1. The predicted molar refractivity (Wildman–Crippen MR) is 114 cm³/mol. The van der Waals surface area contributed by atoms with Gasteiger partial charge in [0.25, 0.3) is 5.78 Å². The Morgan fingerprint density at radius 2 is 1.69 bits per heavy atom. The first-order valence-corrected chi connectivity index (χ1v) is 9.81. The minimum atomic E-state index is -0.778. The molecule has 3 aromatic rings. The van der Waals surface area contributed by atoms with Gasteiger partial charge in [0.05, 0.1) is 11.6 Å². The van der Waals surface area contributed by atoms with E-state index in [-0.39, 0.29) is 11.3 Å². The summed E-state index contributed by atoms with van der Waals surface area (Å²) in [4.78, 5) is 31.5. The molecule has 1 amide bonds. The highest BCUT2D eigenvalue weighted by Crippen LogP contribution is 2.41. The molecule has 1 aliphatic rings. The average molecular weight is 449 g/mol. The Bertz CT molecular complexity index is 1110. The molecule has 0 radical (unpaired) electrons. The standard InChI is InChI=1S/C23H17BrN2O3/c1-14-5-7-16(8-6-14)21(27)19-20(15-9-11-17(24)12-10-15)26(23(29)22(19)28)18-4-2-3-13-25-18/h2-13,20,27H,1H3. The summed E-state index contributed by atoms with van der Waals surface area (Å²) in [6, 6.07) is 18.8. The maximum Gasteiger partial charge on any atom is 0.301 e. The number of benzene rings is 2. The fourth-order valence-electron chi connectivity index (χ4n) is 3.39. The van der Waals surface area contributed by atoms with Gasteiger partial charge in [0.1, 0.15) is 11.6 Å². The summed E-state index contributed by atoms with van der Waals surface area (Å²) < 4.78 is 0.870. The minimum absolute atomic E-state index is 0.0480. The van der Waals surface area contributed by atoms with E-state index in [1.54, 1.807) is 36.5 Å². The van der Waals surface area contributed by atoms with Crippen molar-refractivity contribution < 1.29 is 14.7 Å². The van der Waals surface area contributed by atoms with Crippen LogP contribution in [0, 0.1) is 6.92 Å². The molecule has 1 atom stereocenters. The number of aliphatic hydroxyl groups excluding tert-OH is 1. The lowest BCUT2D eigenvalue weighted by Crippen LogP contribution is -2.30. The summed E-state index contributed by atoms with van der Waals surface area (Å²) in [5.74, 6) is -1.30. The molecule has 1 unspecified atom stereocenters. The van der Waals surface area contributed by atoms with Crippen molar-refractivity contribution in [2.75, 3.05) is 4.90 Å². The first-order chi connectivity index (χ1) is 14.0. The molecule has 0 bridgehead atoms. The maximum atomic E-state index is 13.0. The fourth-order valence-corrected chi connectivity index (χ4v) is 3.66. The van der Waals surface area contributed by atoms with Crippen LogP contribution in [0.2, 0.25) is 0 Å². The largest absolute Gasteiger partial charge is 0.507 e. The second kappa shape index (κ2) is 7.64. The number of amides is 1.